The van der Waals surface area contributed by atoms with Crippen molar-refractivity contribution in [3.05, 3.63) is 71.8 Å². The third kappa shape index (κ3) is 2.82. The zero-order chi connectivity index (χ0) is 15.6. The van der Waals surface area contributed by atoms with Gasteiger partial charge in [0, 0.05) is 10.6 Å². The zero-order valence-corrected chi connectivity index (χ0v) is 15.5. The molecule has 0 spiro atoms. The SMILES string of the molecule is CC1=C(C)CC([Si](C)(c2ccccc2)c2ccccc2)SC1. The van der Waals surface area contributed by atoms with Gasteiger partial charge in [0.25, 0.3) is 0 Å². The quantitative estimate of drug-likeness (QED) is 0.600. The first-order valence-electron chi connectivity index (χ1n) is 8.00. The van der Waals surface area contributed by atoms with E-state index in [-0.39, 0.29) is 0 Å². The molecule has 2 heteroatoms. The summed E-state index contributed by atoms with van der Waals surface area (Å²) in [4.78, 5) is 0.723. The molecule has 0 aromatic heterocycles. The standard InChI is InChI=1S/C20H24SSi/c1-16-14-20(21-15-17(16)2)22(3,18-10-6-4-7-11-18)19-12-8-5-9-13-19/h4-13,20H,14-15H2,1-3H3. The molecule has 2 aromatic rings. The van der Waals surface area contributed by atoms with Crippen LogP contribution >= 0.6 is 11.8 Å². The van der Waals surface area contributed by atoms with E-state index in [0.29, 0.717) is 0 Å². The van der Waals surface area contributed by atoms with Crippen molar-refractivity contribution in [1.82, 2.24) is 0 Å². The van der Waals surface area contributed by atoms with Gasteiger partial charge in [-0.05, 0) is 20.3 Å². The van der Waals surface area contributed by atoms with Gasteiger partial charge in [0.1, 0.15) is 8.07 Å². The lowest BCUT2D eigenvalue weighted by Crippen LogP contribution is -2.63. The van der Waals surface area contributed by atoms with Crippen LogP contribution in [0.15, 0.2) is 71.8 Å². The maximum Gasteiger partial charge on any atom is 0.128 e. The molecule has 0 aliphatic carbocycles. The number of rotatable bonds is 3. The van der Waals surface area contributed by atoms with Crippen LogP contribution in [0.1, 0.15) is 20.3 Å². The molecule has 0 bridgehead atoms. The monoisotopic (exact) mass is 324 g/mol. The Hall–Kier alpha value is -1.25. The first-order valence-corrected chi connectivity index (χ1v) is 11.6. The summed E-state index contributed by atoms with van der Waals surface area (Å²) in [5, 5.41) is 3.12. The number of benzene rings is 2. The normalized spacial score (nSPS) is 19.3. The van der Waals surface area contributed by atoms with Gasteiger partial charge < -0.3 is 0 Å². The highest BCUT2D eigenvalue weighted by molar-refractivity contribution is 8.02. The Labute approximate surface area is 139 Å². The van der Waals surface area contributed by atoms with Gasteiger partial charge in [0.15, 0.2) is 0 Å². The van der Waals surface area contributed by atoms with Crippen LogP contribution in [0.25, 0.3) is 0 Å². The van der Waals surface area contributed by atoms with Gasteiger partial charge in [0.2, 0.25) is 0 Å². The van der Waals surface area contributed by atoms with E-state index < -0.39 is 8.07 Å². The van der Waals surface area contributed by atoms with Gasteiger partial charge in [-0.25, -0.2) is 0 Å². The van der Waals surface area contributed by atoms with Gasteiger partial charge in [-0.2, -0.15) is 11.8 Å². The Morgan fingerprint density at radius 2 is 1.32 bits per heavy atom. The van der Waals surface area contributed by atoms with Gasteiger partial charge in [-0.15, -0.1) is 0 Å². The summed E-state index contributed by atoms with van der Waals surface area (Å²) in [5.74, 6) is 1.19. The second kappa shape index (κ2) is 6.47. The molecule has 1 atom stereocenters. The highest BCUT2D eigenvalue weighted by atomic mass is 32.2. The fourth-order valence-corrected chi connectivity index (χ4v) is 10.4. The van der Waals surface area contributed by atoms with Gasteiger partial charge in [0.05, 0.1) is 0 Å². The fourth-order valence-electron chi connectivity index (χ4n) is 3.34. The highest BCUT2D eigenvalue weighted by Gasteiger charge is 2.41. The van der Waals surface area contributed by atoms with Crippen LogP contribution in [0.2, 0.25) is 6.55 Å². The van der Waals surface area contributed by atoms with Crippen LogP contribution in [0.3, 0.4) is 0 Å². The molecular weight excluding hydrogens is 300 g/mol. The third-order valence-corrected chi connectivity index (χ3v) is 12.8. The molecule has 1 aliphatic rings. The summed E-state index contributed by atoms with van der Waals surface area (Å²) in [6, 6.07) is 22.5. The lowest BCUT2D eigenvalue weighted by Gasteiger charge is -2.39. The second-order valence-corrected chi connectivity index (χ2v) is 12.4. The van der Waals surface area contributed by atoms with E-state index in [2.05, 4.69) is 92.8 Å². The molecule has 1 aliphatic heterocycles. The topological polar surface area (TPSA) is 0 Å². The van der Waals surface area contributed by atoms with Gasteiger partial charge in [-0.1, -0.05) is 88.7 Å². The van der Waals surface area contributed by atoms with Crippen molar-refractivity contribution < 1.29 is 0 Å². The Morgan fingerprint density at radius 1 is 0.818 bits per heavy atom. The first-order chi connectivity index (χ1) is 10.6. The molecular formula is C20H24SSi. The molecule has 3 rings (SSSR count). The molecule has 0 saturated carbocycles. The summed E-state index contributed by atoms with van der Waals surface area (Å²) >= 11 is 2.18. The Balaban J connectivity index is 2.09. The van der Waals surface area contributed by atoms with Crippen molar-refractivity contribution in [1.29, 1.82) is 0 Å². The zero-order valence-electron chi connectivity index (χ0n) is 13.7. The van der Waals surface area contributed by atoms with Crippen LogP contribution in [0.5, 0.6) is 0 Å². The van der Waals surface area contributed by atoms with E-state index >= 15 is 0 Å². The van der Waals surface area contributed by atoms with Crippen LogP contribution in [-0.4, -0.2) is 18.7 Å². The second-order valence-electron chi connectivity index (χ2n) is 6.50. The number of hydrogen-bond acceptors (Lipinski definition) is 1. The maximum atomic E-state index is 2.56. The van der Waals surface area contributed by atoms with Crippen LogP contribution in [0.4, 0.5) is 0 Å². The Morgan fingerprint density at radius 3 is 1.77 bits per heavy atom. The summed E-state index contributed by atoms with van der Waals surface area (Å²) < 4.78 is 0. The Bertz CT molecular complexity index is 621. The third-order valence-electron chi connectivity index (χ3n) is 5.11. The fraction of sp³-hybridized carbons (Fsp3) is 0.300. The van der Waals surface area contributed by atoms with Crippen molar-refractivity contribution in [2.45, 2.75) is 31.7 Å². The van der Waals surface area contributed by atoms with Crippen molar-refractivity contribution >= 4 is 30.2 Å². The molecule has 22 heavy (non-hydrogen) atoms. The van der Waals surface area contributed by atoms with E-state index in [0.717, 1.165) is 4.87 Å². The van der Waals surface area contributed by atoms with Crippen molar-refractivity contribution in [3.63, 3.8) is 0 Å². The van der Waals surface area contributed by atoms with E-state index in [1.807, 2.05) is 0 Å². The lowest BCUT2D eigenvalue weighted by atomic mass is 10.1. The van der Waals surface area contributed by atoms with Crippen LogP contribution in [0, 0.1) is 0 Å². The van der Waals surface area contributed by atoms with Gasteiger partial charge >= 0.3 is 0 Å². The minimum absolute atomic E-state index is 0.723. The molecule has 114 valence electrons. The molecule has 1 heterocycles. The molecule has 0 fully saturated rings. The largest absolute Gasteiger partial charge is 0.156 e. The van der Waals surface area contributed by atoms with Crippen molar-refractivity contribution in [2.75, 3.05) is 5.75 Å². The molecule has 2 aromatic carbocycles. The molecule has 0 amide bonds. The van der Waals surface area contributed by atoms with Crippen LogP contribution < -0.4 is 10.4 Å². The first kappa shape index (κ1) is 15.6. The summed E-state index contributed by atoms with van der Waals surface area (Å²) in [5.41, 5.74) is 3.19. The van der Waals surface area contributed by atoms with E-state index in [1.165, 1.54) is 12.2 Å². The molecule has 1 unspecified atom stereocenters. The summed E-state index contributed by atoms with van der Waals surface area (Å²) in [6.07, 6.45) is 1.24. The summed E-state index contributed by atoms with van der Waals surface area (Å²) in [6.45, 7) is 7.18. The van der Waals surface area contributed by atoms with E-state index in [1.54, 1.807) is 21.5 Å². The lowest BCUT2D eigenvalue weighted by molar-refractivity contribution is 0.984. The minimum Gasteiger partial charge on any atom is -0.156 e. The number of thioether (sulfide) groups is 1. The smallest absolute Gasteiger partial charge is 0.128 e. The van der Waals surface area contributed by atoms with Crippen molar-refractivity contribution in [2.24, 2.45) is 0 Å². The molecule has 0 nitrogen and oxygen atoms in total. The maximum absolute atomic E-state index is 2.56. The number of hydrogen-bond donors (Lipinski definition) is 0. The minimum atomic E-state index is -1.74. The van der Waals surface area contributed by atoms with E-state index in [9.17, 15) is 0 Å². The average molecular weight is 325 g/mol. The molecule has 0 N–H and O–H groups in total. The number of allylic oxidation sites excluding steroid dienone is 1. The highest BCUT2D eigenvalue weighted by Crippen LogP contribution is 2.35. The van der Waals surface area contributed by atoms with E-state index in [4.69, 9.17) is 0 Å². The summed E-state index contributed by atoms with van der Waals surface area (Å²) in [7, 11) is -1.74. The van der Waals surface area contributed by atoms with Crippen LogP contribution in [-0.2, 0) is 0 Å². The molecule has 0 radical (unpaired) electrons. The predicted molar refractivity (Wildman–Crippen MR) is 103 cm³/mol. The van der Waals surface area contributed by atoms with Gasteiger partial charge in [-0.3, -0.25) is 0 Å². The molecule has 0 saturated heterocycles. The van der Waals surface area contributed by atoms with Crippen molar-refractivity contribution in [3.8, 4) is 0 Å². The average Bonchev–Trinajstić information content (AvgIpc) is 2.58. The predicted octanol–water partition coefficient (Wildman–Crippen LogP) is 4.26. The Kier molecular flexibility index (Phi) is 4.60.